The molecule has 0 saturated heterocycles. The third kappa shape index (κ3) is 3.14. The van der Waals surface area contributed by atoms with Gasteiger partial charge in [-0.2, -0.15) is 4.31 Å². The lowest BCUT2D eigenvalue weighted by Gasteiger charge is -2.40. The van der Waals surface area contributed by atoms with Gasteiger partial charge in [-0.3, -0.25) is 0 Å². The van der Waals surface area contributed by atoms with E-state index in [1.54, 1.807) is 6.20 Å². The largest absolute Gasteiger partial charge is 0.334 e. The van der Waals surface area contributed by atoms with Gasteiger partial charge >= 0.3 is 0 Å². The number of likely N-dealkylation sites (N-methyl/N-ethyl adjacent to an activating group) is 1. The van der Waals surface area contributed by atoms with Crippen molar-refractivity contribution in [2.45, 2.75) is 64.6 Å². The number of imidazole rings is 1. The number of sulfonamides is 1. The smallest absolute Gasteiger partial charge is 0.262 e. The first-order valence-corrected chi connectivity index (χ1v) is 9.03. The molecular formula is C14H28N4O2S. The second-order valence-electron chi connectivity index (χ2n) is 5.22. The van der Waals surface area contributed by atoms with Crippen LogP contribution in [0, 0.1) is 6.92 Å². The van der Waals surface area contributed by atoms with Gasteiger partial charge in [-0.1, -0.05) is 20.8 Å². The van der Waals surface area contributed by atoms with Crippen LogP contribution in [0.3, 0.4) is 0 Å². The standard InChI is InChI=1S/C14H28N4O2S/c1-6-14(7-2,11-15)18(9-4)21(19,20)13-10-17(8-3)12(5)16-13/h10H,6-9,11,15H2,1-5H3. The second kappa shape index (κ2) is 6.89. The molecule has 0 spiro atoms. The van der Waals surface area contributed by atoms with Gasteiger partial charge in [-0.15, -0.1) is 0 Å². The van der Waals surface area contributed by atoms with Gasteiger partial charge in [-0.05, 0) is 26.7 Å². The Kier molecular flexibility index (Phi) is 5.95. The van der Waals surface area contributed by atoms with E-state index in [2.05, 4.69) is 4.98 Å². The van der Waals surface area contributed by atoms with E-state index in [1.165, 1.54) is 4.31 Å². The molecule has 0 atom stereocenters. The number of nitrogens with zero attached hydrogens (tertiary/aromatic N) is 3. The van der Waals surface area contributed by atoms with Gasteiger partial charge in [0.15, 0.2) is 5.03 Å². The highest BCUT2D eigenvalue weighted by molar-refractivity contribution is 7.89. The lowest BCUT2D eigenvalue weighted by atomic mass is 9.93. The average Bonchev–Trinajstić information content (AvgIpc) is 2.86. The van der Waals surface area contributed by atoms with E-state index in [4.69, 9.17) is 5.73 Å². The third-order valence-corrected chi connectivity index (χ3v) is 6.31. The number of hydrogen-bond acceptors (Lipinski definition) is 4. The fourth-order valence-electron chi connectivity index (χ4n) is 2.79. The van der Waals surface area contributed by atoms with Crippen LogP contribution >= 0.6 is 0 Å². The Balaban J connectivity index is 3.36. The van der Waals surface area contributed by atoms with Crippen LogP contribution in [0.2, 0.25) is 0 Å². The Morgan fingerprint density at radius 1 is 1.29 bits per heavy atom. The molecule has 122 valence electrons. The maximum atomic E-state index is 13.0. The molecule has 0 radical (unpaired) electrons. The molecule has 1 heterocycles. The molecule has 1 aromatic heterocycles. The Morgan fingerprint density at radius 3 is 2.19 bits per heavy atom. The van der Waals surface area contributed by atoms with E-state index in [9.17, 15) is 8.42 Å². The molecule has 0 unspecified atom stereocenters. The highest BCUT2D eigenvalue weighted by atomic mass is 32.2. The van der Waals surface area contributed by atoms with Crippen LogP contribution in [0.1, 0.15) is 46.4 Å². The van der Waals surface area contributed by atoms with Crippen LogP contribution < -0.4 is 5.73 Å². The van der Waals surface area contributed by atoms with Gasteiger partial charge in [0.25, 0.3) is 10.0 Å². The van der Waals surface area contributed by atoms with Crippen molar-refractivity contribution in [3.05, 3.63) is 12.0 Å². The fourth-order valence-corrected chi connectivity index (χ4v) is 4.71. The Morgan fingerprint density at radius 2 is 1.86 bits per heavy atom. The van der Waals surface area contributed by atoms with Crippen molar-refractivity contribution in [2.24, 2.45) is 5.73 Å². The predicted octanol–water partition coefficient (Wildman–Crippen LogP) is 1.74. The van der Waals surface area contributed by atoms with Crippen LogP contribution in [0.5, 0.6) is 0 Å². The summed E-state index contributed by atoms with van der Waals surface area (Å²) < 4.78 is 29.3. The first kappa shape index (κ1) is 18.1. The van der Waals surface area contributed by atoms with Crippen LogP contribution in [0.25, 0.3) is 0 Å². The van der Waals surface area contributed by atoms with E-state index in [1.807, 2.05) is 39.2 Å². The van der Waals surface area contributed by atoms with Crippen LogP contribution in [-0.2, 0) is 16.6 Å². The Hall–Kier alpha value is -0.920. The van der Waals surface area contributed by atoms with Gasteiger partial charge in [0.2, 0.25) is 0 Å². The molecule has 0 saturated carbocycles. The van der Waals surface area contributed by atoms with E-state index < -0.39 is 15.6 Å². The van der Waals surface area contributed by atoms with Crippen molar-refractivity contribution in [3.63, 3.8) is 0 Å². The summed E-state index contributed by atoms with van der Waals surface area (Å²) in [6, 6.07) is 0. The van der Waals surface area contributed by atoms with E-state index in [0.29, 0.717) is 38.3 Å². The zero-order chi connectivity index (χ0) is 16.3. The van der Waals surface area contributed by atoms with Crippen LogP contribution in [-0.4, -0.2) is 40.9 Å². The van der Waals surface area contributed by atoms with Crippen molar-refractivity contribution in [1.29, 1.82) is 0 Å². The van der Waals surface area contributed by atoms with E-state index >= 15 is 0 Å². The molecule has 0 fully saturated rings. The summed E-state index contributed by atoms with van der Waals surface area (Å²) >= 11 is 0. The SMILES string of the molecule is CCN(C(CC)(CC)CN)S(=O)(=O)c1cn(CC)c(C)n1. The van der Waals surface area contributed by atoms with E-state index in [0.717, 1.165) is 0 Å². The third-order valence-electron chi connectivity index (χ3n) is 4.36. The molecule has 1 aromatic rings. The molecule has 0 amide bonds. The second-order valence-corrected chi connectivity index (χ2v) is 7.03. The van der Waals surface area contributed by atoms with Crippen LogP contribution in [0.15, 0.2) is 11.2 Å². The summed E-state index contributed by atoms with van der Waals surface area (Å²) in [7, 11) is -3.64. The monoisotopic (exact) mass is 316 g/mol. The topological polar surface area (TPSA) is 81.2 Å². The normalized spacial score (nSPS) is 13.1. The van der Waals surface area contributed by atoms with Gasteiger partial charge in [-0.25, -0.2) is 13.4 Å². The maximum absolute atomic E-state index is 13.0. The highest BCUT2D eigenvalue weighted by Crippen LogP contribution is 2.29. The first-order chi connectivity index (χ1) is 9.82. The van der Waals surface area contributed by atoms with Crippen molar-refractivity contribution in [2.75, 3.05) is 13.1 Å². The summed E-state index contributed by atoms with van der Waals surface area (Å²) in [5, 5.41) is 0.114. The minimum absolute atomic E-state index is 0.114. The fraction of sp³-hybridized carbons (Fsp3) is 0.786. The minimum atomic E-state index is -3.64. The molecule has 21 heavy (non-hydrogen) atoms. The summed E-state index contributed by atoms with van der Waals surface area (Å²) in [5.41, 5.74) is 5.37. The molecule has 0 aliphatic rings. The molecule has 0 aliphatic heterocycles. The zero-order valence-corrected chi connectivity index (χ0v) is 14.6. The lowest BCUT2D eigenvalue weighted by Crippen LogP contribution is -2.55. The first-order valence-electron chi connectivity index (χ1n) is 7.59. The molecule has 0 aliphatic carbocycles. The number of aromatic nitrogens is 2. The number of rotatable bonds is 8. The minimum Gasteiger partial charge on any atom is -0.334 e. The van der Waals surface area contributed by atoms with Crippen molar-refractivity contribution in [3.8, 4) is 0 Å². The summed E-state index contributed by atoms with van der Waals surface area (Å²) in [5.74, 6) is 0.707. The molecule has 7 heteroatoms. The molecule has 6 nitrogen and oxygen atoms in total. The van der Waals surface area contributed by atoms with Crippen molar-refractivity contribution >= 4 is 10.0 Å². The summed E-state index contributed by atoms with van der Waals surface area (Å²) in [4.78, 5) is 4.23. The summed E-state index contributed by atoms with van der Waals surface area (Å²) in [6.45, 7) is 11.0. The number of aryl methyl sites for hydroxylation is 2. The van der Waals surface area contributed by atoms with E-state index in [-0.39, 0.29) is 5.03 Å². The number of hydrogen-bond donors (Lipinski definition) is 1. The molecular weight excluding hydrogens is 288 g/mol. The predicted molar refractivity (Wildman–Crippen MR) is 84.6 cm³/mol. The van der Waals surface area contributed by atoms with Crippen molar-refractivity contribution in [1.82, 2.24) is 13.9 Å². The maximum Gasteiger partial charge on any atom is 0.262 e. The molecule has 0 aromatic carbocycles. The van der Waals surface area contributed by atoms with Gasteiger partial charge in [0.1, 0.15) is 5.82 Å². The van der Waals surface area contributed by atoms with Gasteiger partial charge in [0, 0.05) is 31.4 Å². The molecule has 1 rings (SSSR count). The van der Waals surface area contributed by atoms with Gasteiger partial charge in [0.05, 0.1) is 0 Å². The zero-order valence-electron chi connectivity index (χ0n) is 13.8. The summed E-state index contributed by atoms with van der Waals surface area (Å²) in [6.07, 6.45) is 2.97. The molecule has 2 N–H and O–H groups in total. The lowest BCUT2D eigenvalue weighted by molar-refractivity contribution is 0.184. The molecule has 0 bridgehead atoms. The van der Waals surface area contributed by atoms with Crippen LogP contribution in [0.4, 0.5) is 0 Å². The number of nitrogens with two attached hydrogens (primary N) is 1. The van der Waals surface area contributed by atoms with Crippen molar-refractivity contribution < 1.29 is 8.42 Å². The average molecular weight is 316 g/mol. The quantitative estimate of drug-likeness (QED) is 0.792. The van der Waals surface area contributed by atoms with Gasteiger partial charge < -0.3 is 10.3 Å². The highest BCUT2D eigenvalue weighted by Gasteiger charge is 2.40. The Bertz CT molecular complexity index is 553. The Labute approximate surface area is 128 Å².